The van der Waals surface area contributed by atoms with Gasteiger partial charge < -0.3 is 10.1 Å². The van der Waals surface area contributed by atoms with Gasteiger partial charge in [0, 0.05) is 11.9 Å². The molecule has 2 rings (SSSR count). The molecule has 0 unspecified atom stereocenters. The van der Waals surface area contributed by atoms with Crippen molar-refractivity contribution < 1.29 is 17.9 Å². The van der Waals surface area contributed by atoms with Crippen molar-refractivity contribution in [2.75, 3.05) is 11.9 Å². The van der Waals surface area contributed by atoms with E-state index in [0.717, 1.165) is 11.8 Å². The van der Waals surface area contributed by atoms with Gasteiger partial charge in [-0.1, -0.05) is 39.8 Å². The Morgan fingerprint density at radius 2 is 1.88 bits per heavy atom. The molecule has 0 atom stereocenters. The van der Waals surface area contributed by atoms with Crippen LogP contribution in [0.25, 0.3) is 0 Å². The van der Waals surface area contributed by atoms with Gasteiger partial charge in [-0.25, -0.2) is 4.98 Å². The molecule has 25 heavy (non-hydrogen) atoms. The summed E-state index contributed by atoms with van der Waals surface area (Å²) in [6.07, 6.45) is -3.82. The summed E-state index contributed by atoms with van der Waals surface area (Å²) in [7, 11) is 0. The topological polar surface area (TPSA) is 47.0 Å². The second-order valence-corrected chi connectivity index (χ2v) is 6.52. The maximum Gasteiger partial charge on any atom is 0.423 e. The minimum Gasteiger partial charge on any atom is -0.477 e. The van der Waals surface area contributed by atoms with Crippen LogP contribution < -0.4 is 10.1 Å². The third-order valence-corrected chi connectivity index (χ3v) is 3.42. The summed E-state index contributed by atoms with van der Waals surface area (Å²) in [5, 5.41) is 2.94. The highest BCUT2D eigenvalue weighted by atomic mass is 19.4. The molecule has 1 heterocycles. The van der Waals surface area contributed by atoms with E-state index >= 15 is 0 Å². The van der Waals surface area contributed by atoms with Crippen LogP contribution in [0.2, 0.25) is 0 Å². The lowest BCUT2D eigenvalue weighted by Gasteiger charge is -2.15. The maximum absolute atomic E-state index is 13.1. The fraction of sp³-hybridized carbons (Fsp3) is 0.444. The molecule has 7 heteroatoms. The normalized spacial score (nSPS) is 11.9. The van der Waals surface area contributed by atoms with E-state index in [2.05, 4.69) is 29.1 Å². The molecule has 0 bridgehead atoms. The lowest BCUT2D eigenvalue weighted by Crippen LogP contribution is -2.14. The zero-order chi connectivity index (χ0) is 18.6. The van der Waals surface area contributed by atoms with Crippen LogP contribution in [-0.2, 0) is 6.18 Å². The van der Waals surface area contributed by atoms with Gasteiger partial charge in [0.05, 0.1) is 6.61 Å². The number of ether oxygens (including phenoxy) is 1. The van der Waals surface area contributed by atoms with Crippen LogP contribution in [0.4, 0.5) is 24.8 Å². The van der Waals surface area contributed by atoms with Gasteiger partial charge in [-0.15, -0.1) is 0 Å². The van der Waals surface area contributed by atoms with E-state index < -0.39 is 17.6 Å². The zero-order valence-electron chi connectivity index (χ0n) is 14.7. The summed E-state index contributed by atoms with van der Waals surface area (Å²) < 4.78 is 44.5. The summed E-state index contributed by atoms with van der Waals surface area (Å²) in [5.74, 6) is 0.0155. The van der Waals surface area contributed by atoms with Crippen molar-refractivity contribution in [2.45, 2.75) is 39.8 Å². The monoisotopic (exact) mass is 353 g/mol. The van der Waals surface area contributed by atoms with Crippen molar-refractivity contribution in [3.63, 3.8) is 0 Å². The maximum atomic E-state index is 13.1. The molecule has 0 spiro atoms. The molecule has 0 aliphatic rings. The standard InChI is InChI=1S/C18H22F3N3O/c1-11(2)10-25-16-15(18(19,20)21)9-22-17(24-16)23-14-7-5-6-13(8-14)12(3)4/h5-9,11-12H,10H2,1-4H3,(H,22,23,24). The van der Waals surface area contributed by atoms with Gasteiger partial charge in [0.25, 0.3) is 0 Å². The predicted octanol–water partition coefficient (Wildman–Crippen LogP) is 5.40. The molecule has 1 aromatic heterocycles. The number of benzene rings is 1. The highest BCUT2D eigenvalue weighted by Crippen LogP contribution is 2.35. The first kappa shape index (κ1) is 19.0. The summed E-state index contributed by atoms with van der Waals surface area (Å²) in [6, 6.07) is 7.58. The van der Waals surface area contributed by atoms with Crippen molar-refractivity contribution in [2.24, 2.45) is 5.92 Å². The summed E-state index contributed by atoms with van der Waals surface area (Å²) in [5.41, 5.74) is 0.837. The number of nitrogens with zero attached hydrogens (tertiary/aromatic N) is 2. The van der Waals surface area contributed by atoms with Crippen LogP contribution in [0, 0.1) is 5.92 Å². The van der Waals surface area contributed by atoms with Crippen molar-refractivity contribution in [1.82, 2.24) is 9.97 Å². The van der Waals surface area contributed by atoms with Gasteiger partial charge >= 0.3 is 6.18 Å². The molecule has 4 nitrogen and oxygen atoms in total. The van der Waals surface area contributed by atoms with Gasteiger partial charge in [0.2, 0.25) is 11.8 Å². The average Bonchev–Trinajstić information content (AvgIpc) is 2.52. The minimum atomic E-state index is -4.57. The molecular weight excluding hydrogens is 331 g/mol. The molecule has 2 aromatic rings. The Hall–Kier alpha value is -2.31. The molecule has 0 fully saturated rings. The van der Waals surface area contributed by atoms with E-state index in [-0.39, 0.29) is 18.5 Å². The number of hydrogen-bond acceptors (Lipinski definition) is 4. The Bertz CT molecular complexity index is 715. The number of halogens is 3. The van der Waals surface area contributed by atoms with E-state index in [0.29, 0.717) is 11.6 Å². The van der Waals surface area contributed by atoms with E-state index in [9.17, 15) is 13.2 Å². The third kappa shape index (κ3) is 5.34. The number of aromatic nitrogens is 2. The van der Waals surface area contributed by atoms with Crippen LogP contribution in [-0.4, -0.2) is 16.6 Å². The van der Waals surface area contributed by atoms with Gasteiger partial charge in [0.1, 0.15) is 5.56 Å². The number of anilines is 2. The highest BCUT2D eigenvalue weighted by molar-refractivity contribution is 5.55. The number of rotatable bonds is 6. The molecule has 136 valence electrons. The van der Waals surface area contributed by atoms with Crippen LogP contribution >= 0.6 is 0 Å². The summed E-state index contributed by atoms with van der Waals surface area (Å²) >= 11 is 0. The van der Waals surface area contributed by atoms with Gasteiger partial charge in [0.15, 0.2) is 0 Å². The molecule has 0 saturated carbocycles. The molecule has 0 radical (unpaired) electrons. The van der Waals surface area contributed by atoms with E-state index in [4.69, 9.17) is 4.74 Å². The lowest BCUT2D eigenvalue weighted by molar-refractivity contribution is -0.139. The SMILES string of the molecule is CC(C)COc1nc(Nc2cccc(C(C)C)c2)ncc1C(F)(F)F. The smallest absolute Gasteiger partial charge is 0.423 e. The Balaban J connectivity index is 2.29. The number of alkyl halides is 3. The molecule has 1 N–H and O–H groups in total. The summed E-state index contributed by atoms with van der Waals surface area (Å²) in [4.78, 5) is 7.70. The van der Waals surface area contributed by atoms with Gasteiger partial charge in [-0.05, 0) is 29.5 Å². The second kappa shape index (κ2) is 7.72. The van der Waals surface area contributed by atoms with Gasteiger partial charge in [-0.3, -0.25) is 0 Å². The van der Waals surface area contributed by atoms with Crippen LogP contribution in [0.15, 0.2) is 30.5 Å². The molecule has 0 aliphatic heterocycles. The molecule has 0 saturated heterocycles. The first-order valence-electron chi connectivity index (χ1n) is 8.11. The second-order valence-electron chi connectivity index (χ2n) is 6.52. The number of nitrogens with one attached hydrogen (secondary N) is 1. The molecular formula is C18H22F3N3O. The molecule has 0 aliphatic carbocycles. The van der Waals surface area contributed by atoms with Crippen LogP contribution in [0.3, 0.4) is 0 Å². The van der Waals surface area contributed by atoms with Crippen molar-refractivity contribution in [3.8, 4) is 5.88 Å². The third-order valence-electron chi connectivity index (χ3n) is 3.42. The Kier molecular flexibility index (Phi) is 5.87. The Morgan fingerprint density at radius 3 is 2.48 bits per heavy atom. The summed E-state index contributed by atoms with van der Waals surface area (Å²) in [6.45, 7) is 7.97. The first-order chi connectivity index (χ1) is 11.7. The minimum absolute atomic E-state index is 0.0627. The predicted molar refractivity (Wildman–Crippen MR) is 91.2 cm³/mol. The van der Waals surface area contributed by atoms with E-state index in [1.54, 1.807) is 0 Å². The lowest BCUT2D eigenvalue weighted by atomic mass is 10.0. The fourth-order valence-electron chi connectivity index (χ4n) is 2.08. The zero-order valence-corrected chi connectivity index (χ0v) is 14.7. The van der Waals surface area contributed by atoms with Crippen molar-refractivity contribution >= 4 is 11.6 Å². The Morgan fingerprint density at radius 1 is 1.16 bits per heavy atom. The quantitative estimate of drug-likeness (QED) is 0.755. The molecule has 1 aromatic carbocycles. The van der Waals surface area contributed by atoms with Crippen molar-refractivity contribution in [3.05, 3.63) is 41.6 Å². The van der Waals surface area contributed by atoms with Crippen LogP contribution in [0.1, 0.15) is 44.7 Å². The molecule has 0 amide bonds. The number of hydrogen-bond donors (Lipinski definition) is 1. The Labute approximate surface area is 145 Å². The fourth-order valence-corrected chi connectivity index (χ4v) is 2.08. The van der Waals surface area contributed by atoms with Crippen LogP contribution in [0.5, 0.6) is 5.88 Å². The van der Waals surface area contributed by atoms with E-state index in [1.807, 2.05) is 38.1 Å². The first-order valence-corrected chi connectivity index (χ1v) is 8.11. The largest absolute Gasteiger partial charge is 0.477 e. The highest BCUT2D eigenvalue weighted by Gasteiger charge is 2.36. The van der Waals surface area contributed by atoms with Gasteiger partial charge in [-0.2, -0.15) is 18.2 Å². The van der Waals surface area contributed by atoms with E-state index in [1.165, 1.54) is 0 Å². The average molecular weight is 353 g/mol. The van der Waals surface area contributed by atoms with Crippen molar-refractivity contribution in [1.29, 1.82) is 0 Å².